The Bertz CT molecular complexity index is 508. The van der Waals surface area contributed by atoms with E-state index < -0.39 is 5.60 Å². The van der Waals surface area contributed by atoms with Crippen LogP contribution in [0.4, 0.5) is 11.5 Å². The van der Waals surface area contributed by atoms with Crippen molar-refractivity contribution < 1.29 is 9.53 Å². The van der Waals surface area contributed by atoms with Crippen molar-refractivity contribution in [3.63, 3.8) is 0 Å². The van der Waals surface area contributed by atoms with Crippen molar-refractivity contribution >= 4 is 17.4 Å². The minimum atomic E-state index is -0.848. The normalized spacial score (nSPS) is 15.9. The van der Waals surface area contributed by atoms with Crippen LogP contribution in [-0.2, 0) is 9.53 Å². The minimum absolute atomic E-state index is 0.170. The summed E-state index contributed by atoms with van der Waals surface area (Å²) in [5.41, 5.74) is 0.952. The van der Waals surface area contributed by atoms with E-state index in [9.17, 15) is 4.79 Å². The standard InChI is InChI=1S/C16H25N3O2/c1-12-10-13(18-15(20)16(2,3)21-4)11-17-14(12)19-8-6-5-7-9-19/h10-11H,5-9H2,1-4H3,(H,18,20). The molecule has 21 heavy (non-hydrogen) atoms. The van der Waals surface area contributed by atoms with Crippen LogP contribution >= 0.6 is 0 Å². The van der Waals surface area contributed by atoms with E-state index in [1.807, 2.05) is 13.0 Å². The van der Waals surface area contributed by atoms with Gasteiger partial charge in [-0.15, -0.1) is 0 Å². The average Bonchev–Trinajstić information content (AvgIpc) is 2.48. The number of amides is 1. The summed E-state index contributed by atoms with van der Waals surface area (Å²) in [7, 11) is 1.53. The first-order chi connectivity index (χ1) is 9.94. The van der Waals surface area contributed by atoms with E-state index in [-0.39, 0.29) is 5.91 Å². The predicted molar refractivity (Wildman–Crippen MR) is 84.8 cm³/mol. The van der Waals surface area contributed by atoms with Gasteiger partial charge in [0.2, 0.25) is 0 Å². The summed E-state index contributed by atoms with van der Waals surface area (Å²) in [6.45, 7) is 7.65. The van der Waals surface area contributed by atoms with E-state index in [1.54, 1.807) is 20.0 Å². The summed E-state index contributed by atoms with van der Waals surface area (Å²) in [5.74, 6) is 0.857. The first-order valence-corrected chi connectivity index (χ1v) is 7.52. The fraction of sp³-hybridized carbons (Fsp3) is 0.625. The number of carbonyl (C=O) groups is 1. The van der Waals surface area contributed by atoms with Crippen LogP contribution in [0.3, 0.4) is 0 Å². The second kappa shape index (κ2) is 6.43. The highest BCUT2D eigenvalue weighted by atomic mass is 16.5. The van der Waals surface area contributed by atoms with Crippen LogP contribution in [0.5, 0.6) is 0 Å². The Morgan fingerprint density at radius 1 is 1.33 bits per heavy atom. The highest BCUT2D eigenvalue weighted by Crippen LogP contribution is 2.24. The third-order valence-corrected chi connectivity index (χ3v) is 4.02. The van der Waals surface area contributed by atoms with Crippen LogP contribution in [0.2, 0.25) is 0 Å². The molecule has 1 saturated heterocycles. The quantitative estimate of drug-likeness (QED) is 0.926. The fourth-order valence-electron chi connectivity index (χ4n) is 2.45. The van der Waals surface area contributed by atoms with Crippen molar-refractivity contribution in [2.45, 2.75) is 45.6 Å². The van der Waals surface area contributed by atoms with Gasteiger partial charge in [0.05, 0.1) is 11.9 Å². The molecule has 0 spiro atoms. The maximum Gasteiger partial charge on any atom is 0.256 e. The van der Waals surface area contributed by atoms with Gasteiger partial charge < -0.3 is 15.0 Å². The van der Waals surface area contributed by atoms with E-state index in [2.05, 4.69) is 15.2 Å². The summed E-state index contributed by atoms with van der Waals surface area (Å²) >= 11 is 0. The smallest absolute Gasteiger partial charge is 0.256 e. The van der Waals surface area contributed by atoms with Crippen molar-refractivity contribution in [1.29, 1.82) is 0 Å². The van der Waals surface area contributed by atoms with Gasteiger partial charge in [0.1, 0.15) is 11.4 Å². The van der Waals surface area contributed by atoms with E-state index in [4.69, 9.17) is 4.74 Å². The second-order valence-electron chi connectivity index (χ2n) is 6.08. The molecule has 0 saturated carbocycles. The highest BCUT2D eigenvalue weighted by molar-refractivity contribution is 5.96. The van der Waals surface area contributed by atoms with Crippen molar-refractivity contribution in [2.24, 2.45) is 0 Å². The summed E-state index contributed by atoms with van der Waals surface area (Å²) in [6.07, 6.45) is 5.47. The third-order valence-electron chi connectivity index (χ3n) is 4.02. The molecule has 0 atom stereocenters. The lowest BCUT2D eigenvalue weighted by Gasteiger charge is -2.29. The van der Waals surface area contributed by atoms with Gasteiger partial charge in [-0.25, -0.2) is 4.98 Å². The van der Waals surface area contributed by atoms with Crippen molar-refractivity contribution in [2.75, 3.05) is 30.4 Å². The number of nitrogens with one attached hydrogen (secondary N) is 1. The molecule has 2 rings (SSSR count). The van der Waals surface area contributed by atoms with Crippen LogP contribution in [0.15, 0.2) is 12.3 Å². The molecule has 1 aliphatic heterocycles. The molecule has 5 heteroatoms. The van der Waals surface area contributed by atoms with Gasteiger partial charge in [0.25, 0.3) is 5.91 Å². The Kier molecular flexibility index (Phi) is 4.83. The van der Waals surface area contributed by atoms with Gasteiger partial charge in [-0.3, -0.25) is 4.79 Å². The van der Waals surface area contributed by atoms with Crippen LogP contribution < -0.4 is 10.2 Å². The molecule has 116 valence electrons. The Hall–Kier alpha value is -1.62. The number of nitrogens with zero attached hydrogens (tertiary/aromatic N) is 2. The highest BCUT2D eigenvalue weighted by Gasteiger charge is 2.27. The first-order valence-electron chi connectivity index (χ1n) is 7.52. The number of rotatable bonds is 4. The van der Waals surface area contributed by atoms with Crippen LogP contribution in [0, 0.1) is 6.92 Å². The van der Waals surface area contributed by atoms with Gasteiger partial charge in [-0.05, 0) is 51.7 Å². The molecule has 0 bridgehead atoms. The van der Waals surface area contributed by atoms with Crippen molar-refractivity contribution in [1.82, 2.24) is 4.98 Å². The molecule has 2 heterocycles. The third kappa shape index (κ3) is 3.73. The molecule has 1 amide bonds. The summed E-state index contributed by atoms with van der Waals surface area (Å²) in [4.78, 5) is 18.9. The zero-order valence-electron chi connectivity index (χ0n) is 13.4. The van der Waals surface area contributed by atoms with Crippen molar-refractivity contribution in [3.8, 4) is 0 Å². The van der Waals surface area contributed by atoms with Crippen LogP contribution in [-0.4, -0.2) is 36.7 Å². The molecule has 1 aromatic rings. The summed E-state index contributed by atoms with van der Waals surface area (Å²) in [6, 6.07) is 1.97. The number of methoxy groups -OCH3 is 1. The zero-order chi connectivity index (χ0) is 15.5. The second-order valence-corrected chi connectivity index (χ2v) is 6.08. The average molecular weight is 291 g/mol. The largest absolute Gasteiger partial charge is 0.369 e. The lowest BCUT2D eigenvalue weighted by atomic mass is 10.1. The number of hydrogen-bond acceptors (Lipinski definition) is 4. The molecule has 0 aliphatic carbocycles. The molecule has 1 aromatic heterocycles. The zero-order valence-corrected chi connectivity index (χ0v) is 13.4. The maximum atomic E-state index is 12.1. The lowest BCUT2D eigenvalue weighted by Crippen LogP contribution is -2.38. The van der Waals surface area contributed by atoms with Gasteiger partial charge in [-0.2, -0.15) is 0 Å². The predicted octanol–water partition coefficient (Wildman–Crippen LogP) is 2.74. The van der Waals surface area contributed by atoms with Gasteiger partial charge >= 0.3 is 0 Å². The Labute approximate surface area is 126 Å². The number of aryl methyl sites for hydroxylation is 1. The molecule has 0 aromatic carbocycles. The molecule has 1 N–H and O–H groups in total. The van der Waals surface area contributed by atoms with E-state index in [1.165, 1.54) is 26.4 Å². The molecule has 5 nitrogen and oxygen atoms in total. The SMILES string of the molecule is COC(C)(C)C(=O)Nc1cnc(N2CCCCC2)c(C)c1. The number of carbonyl (C=O) groups excluding carboxylic acids is 1. The molecule has 0 unspecified atom stereocenters. The van der Waals surface area contributed by atoms with E-state index in [0.29, 0.717) is 5.69 Å². The monoisotopic (exact) mass is 291 g/mol. The maximum absolute atomic E-state index is 12.1. The number of pyridine rings is 1. The number of piperidine rings is 1. The van der Waals surface area contributed by atoms with E-state index >= 15 is 0 Å². The van der Waals surface area contributed by atoms with Crippen LogP contribution in [0.25, 0.3) is 0 Å². The van der Waals surface area contributed by atoms with Crippen molar-refractivity contribution in [3.05, 3.63) is 17.8 Å². The Morgan fingerprint density at radius 3 is 2.57 bits per heavy atom. The number of hydrogen-bond donors (Lipinski definition) is 1. The Balaban J connectivity index is 2.10. The molecule has 0 radical (unpaired) electrons. The lowest BCUT2D eigenvalue weighted by molar-refractivity contribution is -0.133. The van der Waals surface area contributed by atoms with E-state index in [0.717, 1.165) is 24.5 Å². The number of anilines is 2. The Morgan fingerprint density at radius 2 is 2.00 bits per heavy atom. The van der Waals surface area contributed by atoms with Crippen LogP contribution in [0.1, 0.15) is 38.7 Å². The molecule has 1 fully saturated rings. The number of ether oxygens (including phenoxy) is 1. The van der Waals surface area contributed by atoms with Gasteiger partial charge in [0.15, 0.2) is 0 Å². The molecular weight excluding hydrogens is 266 g/mol. The molecule has 1 aliphatic rings. The fourth-order valence-corrected chi connectivity index (χ4v) is 2.45. The summed E-state index contributed by atoms with van der Waals surface area (Å²) in [5, 5.41) is 2.86. The topological polar surface area (TPSA) is 54.5 Å². The molecular formula is C16H25N3O2. The van der Waals surface area contributed by atoms with Gasteiger partial charge in [-0.1, -0.05) is 0 Å². The van der Waals surface area contributed by atoms with Gasteiger partial charge in [0, 0.05) is 20.2 Å². The first kappa shape index (κ1) is 15.8. The minimum Gasteiger partial charge on any atom is -0.369 e. The summed E-state index contributed by atoms with van der Waals surface area (Å²) < 4.78 is 5.18. The number of aromatic nitrogens is 1.